The summed E-state index contributed by atoms with van der Waals surface area (Å²) in [6, 6.07) is 4.48. The van der Waals surface area contributed by atoms with Gasteiger partial charge in [0.2, 0.25) is 0 Å². The van der Waals surface area contributed by atoms with Crippen molar-refractivity contribution in [3.8, 4) is 0 Å². The molecule has 0 saturated carbocycles. The minimum atomic E-state index is 0.0851. The van der Waals surface area contributed by atoms with E-state index in [4.69, 9.17) is 5.11 Å². The SMILES string of the molecule is C[C@@H](NCc1cn(CCO)nn1)c1cccs1. The van der Waals surface area contributed by atoms with E-state index in [0.29, 0.717) is 19.1 Å². The predicted octanol–water partition coefficient (Wildman–Crippen LogP) is 1.18. The maximum absolute atomic E-state index is 8.77. The maximum atomic E-state index is 8.77. The summed E-state index contributed by atoms with van der Waals surface area (Å²) in [7, 11) is 0. The molecule has 1 atom stereocenters. The zero-order valence-corrected chi connectivity index (χ0v) is 10.5. The summed E-state index contributed by atoms with van der Waals surface area (Å²) in [5, 5.41) is 22.2. The van der Waals surface area contributed by atoms with Crippen molar-refractivity contribution in [1.82, 2.24) is 20.3 Å². The molecule has 5 nitrogen and oxygen atoms in total. The molecule has 0 aromatic carbocycles. The second kappa shape index (κ2) is 5.90. The minimum Gasteiger partial charge on any atom is -0.394 e. The Kier molecular flexibility index (Phi) is 4.24. The third-order valence-corrected chi connectivity index (χ3v) is 3.53. The summed E-state index contributed by atoms with van der Waals surface area (Å²) in [4.78, 5) is 1.31. The number of aliphatic hydroxyl groups excluding tert-OH is 1. The first-order chi connectivity index (χ1) is 8.29. The molecule has 0 saturated heterocycles. The number of nitrogens with zero attached hydrogens (tertiary/aromatic N) is 3. The van der Waals surface area contributed by atoms with Crippen molar-refractivity contribution in [3.63, 3.8) is 0 Å². The van der Waals surface area contributed by atoms with E-state index in [1.165, 1.54) is 4.88 Å². The lowest BCUT2D eigenvalue weighted by Crippen LogP contribution is -2.17. The molecular weight excluding hydrogens is 236 g/mol. The quantitative estimate of drug-likeness (QED) is 0.810. The molecule has 0 aliphatic rings. The molecule has 0 fully saturated rings. The van der Waals surface area contributed by atoms with E-state index in [1.54, 1.807) is 16.0 Å². The molecule has 6 heteroatoms. The number of hydrogen-bond donors (Lipinski definition) is 2. The fraction of sp³-hybridized carbons (Fsp3) is 0.455. The van der Waals surface area contributed by atoms with E-state index in [0.717, 1.165) is 5.69 Å². The van der Waals surface area contributed by atoms with Crippen LogP contribution in [0.1, 0.15) is 23.5 Å². The molecule has 0 aliphatic carbocycles. The van der Waals surface area contributed by atoms with Gasteiger partial charge in [-0.05, 0) is 18.4 Å². The van der Waals surface area contributed by atoms with Gasteiger partial charge in [0, 0.05) is 23.7 Å². The van der Waals surface area contributed by atoms with E-state index >= 15 is 0 Å². The summed E-state index contributed by atoms with van der Waals surface area (Å²) in [5.41, 5.74) is 0.891. The summed E-state index contributed by atoms with van der Waals surface area (Å²) < 4.78 is 1.65. The first-order valence-corrected chi connectivity index (χ1v) is 6.44. The van der Waals surface area contributed by atoms with E-state index < -0.39 is 0 Å². The van der Waals surface area contributed by atoms with E-state index in [9.17, 15) is 0 Å². The Balaban J connectivity index is 1.84. The van der Waals surface area contributed by atoms with Crippen molar-refractivity contribution in [2.75, 3.05) is 6.61 Å². The van der Waals surface area contributed by atoms with Crippen molar-refractivity contribution in [2.45, 2.75) is 26.1 Å². The maximum Gasteiger partial charge on any atom is 0.0965 e. The predicted molar refractivity (Wildman–Crippen MR) is 66.7 cm³/mol. The van der Waals surface area contributed by atoms with Crippen molar-refractivity contribution in [2.24, 2.45) is 0 Å². The van der Waals surface area contributed by atoms with Gasteiger partial charge in [0.1, 0.15) is 0 Å². The minimum absolute atomic E-state index is 0.0851. The molecule has 2 aromatic heterocycles. The van der Waals surface area contributed by atoms with Gasteiger partial charge >= 0.3 is 0 Å². The number of aromatic nitrogens is 3. The number of aliphatic hydroxyl groups is 1. The first-order valence-electron chi connectivity index (χ1n) is 5.56. The van der Waals surface area contributed by atoms with Crippen LogP contribution in [-0.4, -0.2) is 26.7 Å². The highest BCUT2D eigenvalue weighted by atomic mass is 32.1. The fourth-order valence-electron chi connectivity index (χ4n) is 1.53. The van der Waals surface area contributed by atoms with Crippen LogP contribution in [0.5, 0.6) is 0 Å². The smallest absolute Gasteiger partial charge is 0.0965 e. The molecule has 0 spiro atoms. The summed E-state index contributed by atoms with van der Waals surface area (Å²) in [6.45, 7) is 3.39. The molecular formula is C11H16N4OS. The zero-order valence-electron chi connectivity index (χ0n) is 9.71. The van der Waals surface area contributed by atoms with Crippen molar-refractivity contribution >= 4 is 11.3 Å². The Hall–Kier alpha value is -1.24. The van der Waals surface area contributed by atoms with Crippen LogP contribution in [0.15, 0.2) is 23.7 Å². The zero-order chi connectivity index (χ0) is 12.1. The lowest BCUT2D eigenvalue weighted by Gasteiger charge is -2.09. The molecule has 0 bridgehead atoms. The number of nitrogens with one attached hydrogen (secondary N) is 1. The molecule has 0 aliphatic heterocycles. The van der Waals surface area contributed by atoms with Gasteiger partial charge in [-0.3, -0.25) is 0 Å². The van der Waals surface area contributed by atoms with Crippen LogP contribution in [0.3, 0.4) is 0 Å². The molecule has 92 valence electrons. The van der Waals surface area contributed by atoms with Gasteiger partial charge in [-0.15, -0.1) is 16.4 Å². The summed E-state index contributed by atoms with van der Waals surface area (Å²) in [6.07, 6.45) is 1.85. The summed E-state index contributed by atoms with van der Waals surface area (Å²) >= 11 is 1.74. The number of thiophene rings is 1. The Morgan fingerprint density at radius 3 is 3.18 bits per heavy atom. The fourth-order valence-corrected chi connectivity index (χ4v) is 2.29. The van der Waals surface area contributed by atoms with Crippen molar-refractivity contribution in [1.29, 1.82) is 0 Å². The Bertz CT molecular complexity index is 440. The molecule has 0 radical (unpaired) electrons. The van der Waals surface area contributed by atoms with Gasteiger partial charge in [0.25, 0.3) is 0 Å². The van der Waals surface area contributed by atoms with E-state index in [-0.39, 0.29) is 6.61 Å². The first kappa shape index (κ1) is 12.2. The topological polar surface area (TPSA) is 63.0 Å². The highest BCUT2D eigenvalue weighted by Gasteiger charge is 2.07. The van der Waals surface area contributed by atoms with Crippen LogP contribution in [0, 0.1) is 0 Å². The number of rotatable bonds is 6. The second-order valence-corrected chi connectivity index (χ2v) is 4.79. The Morgan fingerprint density at radius 2 is 2.47 bits per heavy atom. The molecule has 2 rings (SSSR count). The molecule has 0 amide bonds. The molecule has 2 aromatic rings. The van der Waals surface area contributed by atoms with Gasteiger partial charge in [-0.2, -0.15) is 0 Å². The summed E-state index contributed by atoms with van der Waals surface area (Å²) in [5.74, 6) is 0. The highest BCUT2D eigenvalue weighted by Crippen LogP contribution is 2.18. The largest absolute Gasteiger partial charge is 0.394 e. The van der Waals surface area contributed by atoms with Crippen LogP contribution in [0.25, 0.3) is 0 Å². The second-order valence-electron chi connectivity index (χ2n) is 3.81. The third kappa shape index (κ3) is 3.36. The van der Waals surface area contributed by atoms with E-state index in [1.807, 2.05) is 6.20 Å². The van der Waals surface area contributed by atoms with Gasteiger partial charge in [0.15, 0.2) is 0 Å². The molecule has 2 heterocycles. The van der Waals surface area contributed by atoms with Crippen molar-refractivity contribution < 1.29 is 5.11 Å². The lowest BCUT2D eigenvalue weighted by atomic mass is 10.2. The average molecular weight is 252 g/mol. The van der Waals surface area contributed by atoms with Crippen LogP contribution < -0.4 is 5.32 Å². The third-order valence-electron chi connectivity index (χ3n) is 2.47. The monoisotopic (exact) mass is 252 g/mol. The van der Waals surface area contributed by atoms with Crippen molar-refractivity contribution in [3.05, 3.63) is 34.3 Å². The van der Waals surface area contributed by atoms with Gasteiger partial charge in [0.05, 0.1) is 18.8 Å². The highest BCUT2D eigenvalue weighted by molar-refractivity contribution is 7.10. The van der Waals surface area contributed by atoms with E-state index in [2.05, 4.69) is 40.1 Å². The van der Waals surface area contributed by atoms with Gasteiger partial charge in [-0.1, -0.05) is 11.3 Å². The average Bonchev–Trinajstić information content (AvgIpc) is 2.97. The standard InChI is InChI=1S/C11H16N4OS/c1-9(11-3-2-6-17-11)12-7-10-8-15(4-5-16)14-13-10/h2-3,6,8-9,12,16H,4-5,7H2,1H3/t9-/m1/s1. The normalized spacial score (nSPS) is 12.8. The van der Waals surface area contributed by atoms with Crippen LogP contribution >= 0.6 is 11.3 Å². The van der Waals surface area contributed by atoms with Crippen LogP contribution in [0.2, 0.25) is 0 Å². The van der Waals surface area contributed by atoms with Gasteiger partial charge < -0.3 is 10.4 Å². The Morgan fingerprint density at radius 1 is 1.59 bits per heavy atom. The van der Waals surface area contributed by atoms with Crippen LogP contribution in [-0.2, 0) is 13.1 Å². The van der Waals surface area contributed by atoms with Crippen LogP contribution in [0.4, 0.5) is 0 Å². The molecule has 0 unspecified atom stereocenters. The number of hydrogen-bond acceptors (Lipinski definition) is 5. The lowest BCUT2D eigenvalue weighted by molar-refractivity contribution is 0.268. The Labute approximate surface area is 104 Å². The van der Waals surface area contributed by atoms with Gasteiger partial charge in [-0.25, -0.2) is 4.68 Å². The molecule has 2 N–H and O–H groups in total. The molecule has 17 heavy (non-hydrogen) atoms.